The van der Waals surface area contributed by atoms with Gasteiger partial charge in [-0.25, -0.2) is 4.39 Å². The van der Waals surface area contributed by atoms with Crippen LogP contribution in [0, 0.1) is 5.82 Å². The summed E-state index contributed by atoms with van der Waals surface area (Å²) in [6.07, 6.45) is 0. The van der Waals surface area contributed by atoms with E-state index in [4.69, 9.17) is 0 Å². The van der Waals surface area contributed by atoms with Gasteiger partial charge in [-0.2, -0.15) is 0 Å². The topological polar surface area (TPSA) is 18.5 Å². The van der Waals surface area contributed by atoms with Crippen molar-refractivity contribution < 1.29 is 4.39 Å². The SMILES string of the molecule is CCN1CCN(c2c(F)cccc2CNC(C)C)CC1C. The van der Waals surface area contributed by atoms with Crippen molar-refractivity contribution in [3.05, 3.63) is 29.6 Å². The third kappa shape index (κ3) is 3.95. The van der Waals surface area contributed by atoms with E-state index < -0.39 is 0 Å². The van der Waals surface area contributed by atoms with Gasteiger partial charge in [0.25, 0.3) is 0 Å². The zero-order chi connectivity index (χ0) is 15.4. The minimum absolute atomic E-state index is 0.102. The van der Waals surface area contributed by atoms with Crippen LogP contribution < -0.4 is 10.2 Å². The summed E-state index contributed by atoms with van der Waals surface area (Å²) in [5.41, 5.74) is 1.84. The fraction of sp³-hybridized carbons (Fsp3) is 0.647. The van der Waals surface area contributed by atoms with Gasteiger partial charge in [-0.1, -0.05) is 32.9 Å². The molecule has 1 atom stereocenters. The molecule has 0 spiro atoms. The number of piperazine rings is 1. The van der Waals surface area contributed by atoms with Crippen LogP contribution in [0.3, 0.4) is 0 Å². The first-order valence-corrected chi connectivity index (χ1v) is 8.02. The fourth-order valence-electron chi connectivity index (χ4n) is 3.04. The molecule has 0 aromatic heterocycles. The smallest absolute Gasteiger partial charge is 0.146 e. The van der Waals surface area contributed by atoms with Crippen LogP contribution in [0.4, 0.5) is 10.1 Å². The summed E-state index contributed by atoms with van der Waals surface area (Å²) in [5.74, 6) is -0.102. The molecule has 3 nitrogen and oxygen atoms in total. The molecule has 1 heterocycles. The Bertz CT molecular complexity index is 461. The van der Waals surface area contributed by atoms with Gasteiger partial charge in [0.2, 0.25) is 0 Å². The van der Waals surface area contributed by atoms with Crippen LogP contribution in [0.25, 0.3) is 0 Å². The Labute approximate surface area is 128 Å². The van der Waals surface area contributed by atoms with Crippen molar-refractivity contribution in [3.8, 4) is 0 Å². The van der Waals surface area contributed by atoms with Crippen LogP contribution in [0.5, 0.6) is 0 Å². The Morgan fingerprint density at radius 3 is 2.71 bits per heavy atom. The predicted octanol–water partition coefficient (Wildman–Crippen LogP) is 2.85. The number of halogens is 1. The van der Waals surface area contributed by atoms with E-state index in [1.54, 1.807) is 6.07 Å². The van der Waals surface area contributed by atoms with E-state index in [0.29, 0.717) is 18.6 Å². The van der Waals surface area contributed by atoms with E-state index in [-0.39, 0.29) is 5.82 Å². The summed E-state index contributed by atoms with van der Waals surface area (Å²) in [5, 5.41) is 3.40. The number of benzene rings is 1. The molecule has 4 heteroatoms. The van der Waals surface area contributed by atoms with Crippen molar-refractivity contribution in [2.45, 2.75) is 46.3 Å². The number of rotatable bonds is 5. The molecule has 1 aliphatic heterocycles. The standard InChI is InChI=1S/C17H28FN3/c1-5-20-9-10-21(12-14(20)4)17-15(11-19-13(2)3)7-6-8-16(17)18/h6-8,13-14,19H,5,9-12H2,1-4H3. The lowest BCUT2D eigenvalue weighted by atomic mass is 10.1. The normalized spacial score (nSPS) is 20.3. The summed E-state index contributed by atoms with van der Waals surface area (Å²) in [6.45, 7) is 13.2. The number of anilines is 1. The summed E-state index contributed by atoms with van der Waals surface area (Å²) >= 11 is 0. The maximum Gasteiger partial charge on any atom is 0.146 e. The van der Waals surface area contributed by atoms with Gasteiger partial charge in [-0.3, -0.25) is 4.90 Å². The van der Waals surface area contributed by atoms with Gasteiger partial charge < -0.3 is 10.2 Å². The lowest BCUT2D eigenvalue weighted by molar-refractivity contribution is 0.199. The Morgan fingerprint density at radius 2 is 2.10 bits per heavy atom. The number of hydrogen-bond donors (Lipinski definition) is 1. The number of likely N-dealkylation sites (N-methyl/N-ethyl adjacent to an activating group) is 1. The van der Waals surface area contributed by atoms with E-state index >= 15 is 0 Å². The van der Waals surface area contributed by atoms with Crippen molar-refractivity contribution in [1.82, 2.24) is 10.2 Å². The maximum absolute atomic E-state index is 14.4. The third-order valence-corrected chi connectivity index (χ3v) is 4.26. The predicted molar refractivity (Wildman–Crippen MR) is 87.3 cm³/mol. The Hall–Kier alpha value is -1.13. The molecule has 1 aromatic carbocycles. The highest BCUT2D eigenvalue weighted by molar-refractivity contribution is 5.55. The summed E-state index contributed by atoms with van der Waals surface area (Å²) < 4.78 is 14.4. The van der Waals surface area contributed by atoms with Crippen molar-refractivity contribution in [3.63, 3.8) is 0 Å². The molecular formula is C17H28FN3. The Morgan fingerprint density at radius 1 is 1.33 bits per heavy atom. The van der Waals surface area contributed by atoms with Crippen molar-refractivity contribution >= 4 is 5.69 Å². The van der Waals surface area contributed by atoms with E-state index in [9.17, 15) is 4.39 Å². The van der Waals surface area contributed by atoms with Gasteiger partial charge in [0.1, 0.15) is 5.82 Å². The van der Waals surface area contributed by atoms with E-state index in [0.717, 1.165) is 37.4 Å². The van der Waals surface area contributed by atoms with Gasteiger partial charge in [0.05, 0.1) is 5.69 Å². The number of hydrogen-bond acceptors (Lipinski definition) is 3. The zero-order valence-corrected chi connectivity index (χ0v) is 13.7. The average Bonchev–Trinajstić information content (AvgIpc) is 2.45. The molecule has 0 saturated carbocycles. The fourth-order valence-corrected chi connectivity index (χ4v) is 3.04. The largest absolute Gasteiger partial charge is 0.366 e. The van der Waals surface area contributed by atoms with Crippen LogP contribution in [-0.4, -0.2) is 43.2 Å². The van der Waals surface area contributed by atoms with Crippen LogP contribution in [0.2, 0.25) is 0 Å². The van der Waals surface area contributed by atoms with Gasteiger partial charge in [0, 0.05) is 38.3 Å². The third-order valence-electron chi connectivity index (χ3n) is 4.26. The molecular weight excluding hydrogens is 265 g/mol. The number of nitrogens with one attached hydrogen (secondary N) is 1. The first-order chi connectivity index (χ1) is 10.0. The summed E-state index contributed by atoms with van der Waals surface area (Å²) in [7, 11) is 0. The molecule has 1 fully saturated rings. The van der Waals surface area contributed by atoms with Gasteiger partial charge >= 0.3 is 0 Å². The molecule has 0 radical (unpaired) electrons. The van der Waals surface area contributed by atoms with Gasteiger partial charge in [0.15, 0.2) is 0 Å². The van der Waals surface area contributed by atoms with Gasteiger partial charge in [-0.15, -0.1) is 0 Å². The molecule has 118 valence electrons. The molecule has 0 amide bonds. The molecule has 2 rings (SSSR count). The molecule has 1 unspecified atom stereocenters. The second kappa shape index (κ2) is 7.23. The highest BCUT2D eigenvalue weighted by atomic mass is 19.1. The van der Waals surface area contributed by atoms with Crippen molar-refractivity contribution in [2.24, 2.45) is 0 Å². The Balaban J connectivity index is 2.18. The van der Waals surface area contributed by atoms with Crippen LogP contribution in [0.15, 0.2) is 18.2 Å². The monoisotopic (exact) mass is 293 g/mol. The lowest BCUT2D eigenvalue weighted by Crippen LogP contribution is -2.52. The van der Waals surface area contributed by atoms with Crippen LogP contribution in [-0.2, 0) is 6.54 Å². The molecule has 1 N–H and O–H groups in total. The summed E-state index contributed by atoms with van der Waals surface area (Å²) in [6, 6.07) is 6.28. The molecule has 0 aliphatic carbocycles. The highest BCUT2D eigenvalue weighted by Gasteiger charge is 2.25. The van der Waals surface area contributed by atoms with E-state index in [1.165, 1.54) is 0 Å². The first kappa shape index (κ1) is 16.2. The minimum Gasteiger partial charge on any atom is -0.366 e. The van der Waals surface area contributed by atoms with Crippen LogP contribution >= 0.6 is 0 Å². The minimum atomic E-state index is -0.102. The zero-order valence-electron chi connectivity index (χ0n) is 13.7. The average molecular weight is 293 g/mol. The lowest BCUT2D eigenvalue weighted by Gasteiger charge is -2.41. The molecule has 21 heavy (non-hydrogen) atoms. The van der Waals surface area contributed by atoms with Crippen LogP contribution in [0.1, 0.15) is 33.3 Å². The number of para-hydroxylation sites is 1. The summed E-state index contributed by atoms with van der Waals surface area (Å²) in [4.78, 5) is 4.66. The van der Waals surface area contributed by atoms with Crippen molar-refractivity contribution in [2.75, 3.05) is 31.1 Å². The maximum atomic E-state index is 14.4. The van der Waals surface area contributed by atoms with E-state index in [2.05, 4.69) is 42.8 Å². The quantitative estimate of drug-likeness (QED) is 0.900. The second-order valence-corrected chi connectivity index (χ2v) is 6.21. The number of nitrogens with zero attached hydrogens (tertiary/aromatic N) is 2. The second-order valence-electron chi connectivity index (χ2n) is 6.21. The molecule has 1 aliphatic rings. The first-order valence-electron chi connectivity index (χ1n) is 8.02. The van der Waals surface area contributed by atoms with Gasteiger partial charge in [-0.05, 0) is 25.1 Å². The highest BCUT2D eigenvalue weighted by Crippen LogP contribution is 2.27. The molecule has 1 saturated heterocycles. The molecule has 1 aromatic rings. The molecule has 0 bridgehead atoms. The Kier molecular flexibility index (Phi) is 5.59. The van der Waals surface area contributed by atoms with Crippen molar-refractivity contribution in [1.29, 1.82) is 0 Å². The van der Waals surface area contributed by atoms with E-state index in [1.807, 2.05) is 12.1 Å².